The Kier molecular flexibility index (Phi) is 7.68. The highest BCUT2D eigenvalue weighted by Gasteiger charge is 2.10. The summed E-state index contributed by atoms with van der Waals surface area (Å²) >= 11 is 0. The molecule has 0 atom stereocenters. The van der Waals surface area contributed by atoms with E-state index in [1.165, 1.54) is 11.1 Å². The quantitative estimate of drug-likeness (QED) is 0.418. The number of benzene rings is 1. The van der Waals surface area contributed by atoms with Gasteiger partial charge in [0.05, 0.1) is 13.2 Å². The number of rotatable bonds is 8. The van der Waals surface area contributed by atoms with Crippen molar-refractivity contribution in [3.8, 4) is 0 Å². The van der Waals surface area contributed by atoms with Crippen LogP contribution in [0.4, 0.5) is 0 Å². The summed E-state index contributed by atoms with van der Waals surface area (Å²) in [6.45, 7) is 7.20. The second-order valence-electron chi connectivity index (χ2n) is 6.68. The highest BCUT2D eigenvalue weighted by molar-refractivity contribution is 5.79. The predicted octanol–water partition coefficient (Wildman–Crippen LogP) is 1.47. The van der Waals surface area contributed by atoms with Crippen LogP contribution in [0.25, 0.3) is 0 Å². The fourth-order valence-electron chi connectivity index (χ4n) is 3.14. The van der Waals surface area contributed by atoms with Gasteiger partial charge in [-0.3, -0.25) is 14.6 Å². The van der Waals surface area contributed by atoms with Crippen molar-refractivity contribution in [3.63, 3.8) is 0 Å². The minimum atomic E-state index is 0.760. The van der Waals surface area contributed by atoms with Gasteiger partial charge in [0.25, 0.3) is 0 Å². The molecule has 27 heavy (non-hydrogen) atoms. The Hall–Kier alpha value is -2.38. The topological polar surface area (TPSA) is 66.7 Å². The van der Waals surface area contributed by atoms with Crippen molar-refractivity contribution in [2.45, 2.75) is 26.1 Å². The Morgan fingerprint density at radius 1 is 1.19 bits per heavy atom. The average Bonchev–Trinajstić information content (AvgIpc) is 3.22. The fourth-order valence-corrected chi connectivity index (χ4v) is 3.14. The maximum Gasteiger partial charge on any atom is 0.191 e. The first kappa shape index (κ1) is 19.4. The highest BCUT2D eigenvalue weighted by Crippen LogP contribution is 2.10. The lowest BCUT2D eigenvalue weighted by molar-refractivity contribution is 0.0342. The third kappa shape index (κ3) is 6.69. The molecule has 1 aromatic heterocycles. The monoisotopic (exact) mass is 370 g/mol. The summed E-state index contributed by atoms with van der Waals surface area (Å²) in [7, 11) is 1.80. The van der Waals surface area contributed by atoms with Gasteiger partial charge < -0.3 is 15.4 Å². The van der Waals surface area contributed by atoms with Gasteiger partial charge in [0.1, 0.15) is 0 Å². The number of guanidine groups is 1. The molecular formula is C20H30N6O. The van der Waals surface area contributed by atoms with Gasteiger partial charge in [-0.1, -0.05) is 24.3 Å². The van der Waals surface area contributed by atoms with Crippen molar-refractivity contribution in [2.75, 3.05) is 39.9 Å². The third-order valence-electron chi connectivity index (χ3n) is 4.60. The van der Waals surface area contributed by atoms with Gasteiger partial charge >= 0.3 is 0 Å². The number of ether oxygens (including phenoxy) is 1. The van der Waals surface area contributed by atoms with E-state index in [2.05, 4.69) is 49.9 Å². The van der Waals surface area contributed by atoms with Crippen molar-refractivity contribution in [1.82, 2.24) is 25.3 Å². The van der Waals surface area contributed by atoms with E-state index in [0.29, 0.717) is 0 Å². The number of nitrogens with one attached hydrogen (secondary N) is 2. The van der Waals surface area contributed by atoms with E-state index in [1.807, 2.05) is 16.9 Å². The number of hydrogen-bond donors (Lipinski definition) is 2. The molecule has 1 aliphatic rings. The summed E-state index contributed by atoms with van der Waals surface area (Å²) in [6.07, 6.45) is 4.79. The molecule has 2 N–H and O–H groups in total. The average molecular weight is 371 g/mol. The molecule has 0 amide bonds. The summed E-state index contributed by atoms with van der Waals surface area (Å²) in [6, 6.07) is 10.7. The van der Waals surface area contributed by atoms with Crippen LogP contribution in [0, 0.1) is 0 Å². The van der Waals surface area contributed by atoms with E-state index >= 15 is 0 Å². The number of nitrogens with zero attached hydrogens (tertiary/aromatic N) is 4. The molecule has 146 valence electrons. The molecule has 2 heterocycles. The van der Waals surface area contributed by atoms with Gasteiger partial charge in [-0.05, 0) is 23.6 Å². The van der Waals surface area contributed by atoms with Crippen LogP contribution in [0.1, 0.15) is 17.5 Å². The number of aryl methyl sites for hydroxylation is 1. The Morgan fingerprint density at radius 2 is 2.04 bits per heavy atom. The van der Waals surface area contributed by atoms with Crippen LogP contribution < -0.4 is 10.6 Å². The Bertz CT molecular complexity index is 694. The van der Waals surface area contributed by atoms with Crippen molar-refractivity contribution < 1.29 is 4.74 Å². The maximum atomic E-state index is 5.42. The Balaban J connectivity index is 1.40. The largest absolute Gasteiger partial charge is 0.379 e. The van der Waals surface area contributed by atoms with Gasteiger partial charge in [-0.2, -0.15) is 5.10 Å². The summed E-state index contributed by atoms with van der Waals surface area (Å²) in [5.41, 5.74) is 2.61. The van der Waals surface area contributed by atoms with Gasteiger partial charge in [0.15, 0.2) is 5.96 Å². The predicted molar refractivity (Wildman–Crippen MR) is 108 cm³/mol. The molecule has 2 aromatic rings. The molecule has 1 fully saturated rings. The SMILES string of the molecule is CN=C(NCCCn1cccn1)NCc1cccc(CN2CCOCC2)c1. The normalized spacial score (nSPS) is 15.7. The molecule has 0 spiro atoms. The Labute approximate surface area is 161 Å². The van der Waals surface area contributed by atoms with E-state index in [9.17, 15) is 0 Å². The lowest BCUT2D eigenvalue weighted by atomic mass is 10.1. The summed E-state index contributed by atoms with van der Waals surface area (Å²) in [4.78, 5) is 6.74. The summed E-state index contributed by atoms with van der Waals surface area (Å²) in [5.74, 6) is 0.828. The third-order valence-corrected chi connectivity index (χ3v) is 4.60. The van der Waals surface area contributed by atoms with E-state index in [-0.39, 0.29) is 0 Å². The number of aliphatic imine (C=N–C) groups is 1. The van der Waals surface area contributed by atoms with Gasteiger partial charge in [-0.15, -0.1) is 0 Å². The fraction of sp³-hybridized carbons (Fsp3) is 0.500. The molecule has 0 radical (unpaired) electrons. The van der Waals surface area contributed by atoms with Crippen molar-refractivity contribution in [3.05, 3.63) is 53.9 Å². The number of aromatic nitrogens is 2. The van der Waals surface area contributed by atoms with Crippen LogP contribution in [0.15, 0.2) is 47.7 Å². The minimum Gasteiger partial charge on any atom is -0.379 e. The van der Waals surface area contributed by atoms with Crippen LogP contribution in [0.5, 0.6) is 0 Å². The Morgan fingerprint density at radius 3 is 2.81 bits per heavy atom. The van der Waals surface area contributed by atoms with Crippen LogP contribution in [-0.2, 0) is 24.4 Å². The molecule has 0 aliphatic carbocycles. The van der Waals surface area contributed by atoms with E-state index < -0.39 is 0 Å². The molecule has 1 saturated heterocycles. The molecule has 0 bridgehead atoms. The summed E-state index contributed by atoms with van der Waals surface area (Å²) < 4.78 is 7.37. The molecule has 0 unspecified atom stereocenters. The number of hydrogen-bond acceptors (Lipinski definition) is 4. The maximum absolute atomic E-state index is 5.42. The van der Waals surface area contributed by atoms with Crippen molar-refractivity contribution in [1.29, 1.82) is 0 Å². The molecule has 1 aromatic carbocycles. The lowest BCUT2D eigenvalue weighted by Gasteiger charge is -2.26. The molecule has 7 heteroatoms. The van der Waals surface area contributed by atoms with Gasteiger partial charge in [0, 0.05) is 58.7 Å². The van der Waals surface area contributed by atoms with Crippen LogP contribution in [0.2, 0.25) is 0 Å². The van der Waals surface area contributed by atoms with Gasteiger partial charge in [-0.25, -0.2) is 0 Å². The zero-order valence-corrected chi connectivity index (χ0v) is 16.1. The van der Waals surface area contributed by atoms with Gasteiger partial charge in [0.2, 0.25) is 0 Å². The van der Waals surface area contributed by atoms with E-state index in [4.69, 9.17) is 4.74 Å². The molecule has 7 nitrogen and oxygen atoms in total. The van der Waals surface area contributed by atoms with E-state index in [1.54, 1.807) is 13.2 Å². The molecule has 1 aliphatic heterocycles. The van der Waals surface area contributed by atoms with Crippen LogP contribution >= 0.6 is 0 Å². The van der Waals surface area contributed by atoms with Crippen LogP contribution in [0.3, 0.4) is 0 Å². The first-order valence-corrected chi connectivity index (χ1v) is 9.63. The first-order chi connectivity index (χ1) is 13.3. The smallest absolute Gasteiger partial charge is 0.191 e. The zero-order chi connectivity index (χ0) is 18.7. The molecule has 3 rings (SSSR count). The second-order valence-corrected chi connectivity index (χ2v) is 6.68. The lowest BCUT2D eigenvalue weighted by Crippen LogP contribution is -2.37. The minimum absolute atomic E-state index is 0.760. The molecular weight excluding hydrogens is 340 g/mol. The highest BCUT2D eigenvalue weighted by atomic mass is 16.5. The van der Waals surface area contributed by atoms with Crippen LogP contribution in [-0.4, -0.2) is 60.5 Å². The molecule has 0 saturated carbocycles. The second kappa shape index (κ2) is 10.7. The van der Waals surface area contributed by atoms with E-state index in [0.717, 1.165) is 64.9 Å². The summed E-state index contributed by atoms with van der Waals surface area (Å²) in [5, 5.41) is 11.0. The zero-order valence-electron chi connectivity index (χ0n) is 16.1. The number of morpholine rings is 1. The standard InChI is InChI=1S/C20H30N6O/c1-21-20(22-7-3-9-26-10-4-8-24-26)23-16-18-5-2-6-19(15-18)17-25-11-13-27-14-12-25/h2,4-6,8,10,15H,3,7,9,11-14,16-17H2,1H3,(H2,21,22,23). The first-order valence-electron chi connectivity index (χ1n) is 9.63. The van der Waals surface area contributed by atoms with Crippen molar-refractivity contribution in [2.24, 2.45) is 4.99 Å². The van der Waals surface area contributed by atoms with Crippen molar-refractivity contribution >= 4 is 5.96 Å².